The molecule has 0 spiro atoms. The van der Waals surface area contributed by atoms with Crippen LogP contribution in [-0.4, -0.2) is 28.3 Å². The van der Waals surface area contributed by atoms with Gasteiger partial charge in [0.2, 0.25) is 0 Å². The molecule has 0 saturated heterocycles. The molecule has 3 rings (SSSR count). The molecule has 1 aliphatic rings. The number of hydrogen-bond donors (Lipinski definition) is 3. The monoisotopic (exact) mass is 412 g/mol. The first-order valence-electron chi connectivity index (χ1n) is 9.87. The van der Waals surface area contributed by atoms with Crippen LogP contribution in [0.5, 0.6) is 11.5 Å². The van der Waals surface area contributed by atoms with Gasteiger partial charge >= 0.3 is 0 Å². The van der Waals surface area contributed by atoms with Crippen LogP contribution in [0.1, 0.15) is 52.4 Å². The summed E-state index contributed by atoms with van der Waals surface area (Å²) in [6, 6.07) is 8.99. The average molecular weight is 413 g/mol. The summed E-state index contributed by atoms with van der Waals surface area (Å²) in [6.07, 6.45) is 2.46. The molecule has 5 nitrogen and oxygen atoms in total. The predicted octanol–water partition coefficient (Wildman–Crippen LogP) is 4.10. The highest BCUT2D eigenvalue weighted by atomic mass is 32.1. The molecular weight excluding hydrogens is 384 g/mol. The minimum absolute atomic E-state index is 0.224. The molecule has 0 radical (unpaired) electrons. The highest BCUT2D eigenvalue weighted by molar-refractivity contribution is 7.80. The lowest BCUT2D eigenvalue weighted by atomic mass is 9.85. The molecule has 29 heavy (non-hydrogen) atoms. The van der Waals surface area contributed by atoms with Crippen molar-refractivity contribution >= 4 is 23.2 Å². The lowest BCUT2D eigenvalue weighted by molar-refractivity contribution is 0.0563. The van der Waals surface area contributed by atoms with Crippen molar-refractivity contribution in [1.82, 2.24) is 10.6 Å². The zero-order valence-corrected chi connectivity index (χ0v) is 18.2. The van der Waals surface area contributed by atoms with Crippen LogP contribution in [0.4, 0.5) is 0 Å². The third kappa shape index (κ3) is 4.53. The average Bonchev–Trinajstić information content (AvgIpc) is 2.71. The fourth-order valence-corrected chi connectivity index (χ4v) is 3.91. The molecule has 154 valence electrons. The van der Waals surface area contributed by atoms with Gasteiger partial charge in [0.05, 0.1) is 0 Å². The number of aromatic hydroxyl groups is 1. The van der Waals surface area contributed by atoms with E-state index < -0.39 is 0 Å². The summed E-state index contributed by atoms with van der Waals surface area (Å²) in [7, 11) is 0. The molecule has 6 heteroatoms. The molecule has 0 aliphatic carbocycles. The van der Waals surface area contributed by atoms with Gasteiger partial charge in [-0.25, -0.2) is 0 Å². The second-order valence-corrected chi connectivity index (χ2v) is 8.32. The van der Waals surface area contributed by atoms with Crippen LogP contribution < -0.4 is 15.4 Å². The number of nitrogens with one attached hydrogen (secondary N) is 2. The Bertz CT molecular complexity index is 943. The maximum absolute atomic E-state index is 12.2. The Morgan fingerprint density at radius 1 is 1.17 bits per heavy atom. The lowest BCUT2D eigenvalue weighted by Crippen LogP contribution is -2.44. The number of phenolic OH excluding ortho intramolecular Hbond substituents is 1. The molecule has 1 amide bonds. The van der Waals surface area contributed by atoms with E-state index in [1.807, 2.05) is 39.0 Å². The summed E-state index contributed by atoms with van der Waals surface area (Å²) in [6.45, 7) is 8.55. The van der Waals surface area contributed by atoms with Crippen molar-refractivity contribution in [2.75, 3.05) is 6.54 Å². The van der Waals surface area contributed by atoms with Gasteiger partial charge < -0.3 is 15.2 Å². The van der Waals surface area contributed by atoms with E-state index in [-0.39, 0.29) is 11.5 Å². The molecule has 1 atom stereocenters. The van der Waals surface area contributed by atoms with Crippen molar-refractivity contribution in [2.45, 2.75) is 52.6 Å². The van der Waals surface area contributed by atoms with E-state index >= 15 is 0 Å². The topological polar surface area (TPSA) is 70.6 Å². The smallest absolute Gasteiger partial charge is 0.257 e. The summed E-state index contributed by atoms with van der Waals surface area (Å²) in [4.78, 5) is 12.2. The molecule has 0 bridgehead atoms. The van der Waals surface area contributed by atoms with Gasteiger partial charge in [-0.05, 0) is 81.6 Å². The van der Waals surface area contributed by atoms with E-state index in [9.17, 15) is 9.90 Å². The summed E-state index contributed by atoms with van der Waals surface area (Å²) >= 11 is 5.25. The molecule has 1 unspecified atom stereocenters. The molecule has 3 N–H and O–H groups in total. The van der Waals surface area contributed by atoms with Crippen molar-refractivity contribution in [1.29, 1.82) is 0 Å². The van der Waals surface area contributed by atoms with Crippen LogP contribution in [0.25, 0.3) is 0 Å². The van der Waals surface area contributed by atoms with E-state index in [4.69, 9.17) is 17.0 Å². The SMILES string of the molecule is Cc1c(C)c2c(c(C)c1O)CCC(C)(CCNC(=S)NC(=O)c1ccccc1)O2. The minimum atomic E-state index is -0.334. The van der Waals surface area contributed by atoms with Crippen LogP contribution in [-0.2, 0) is 6.42 Å². The van der Waals surface area contributed by atoms with Gasteiger partial charge in [0.15, 0.2) is 5.11 Å². The summed E-state index contributed by atoms with van der Waals surface area (Å²) in [5.41, 5.74) is 4.11. The second-order valence-electron chi connectivity index (χ2n) is 7.91. The van der Waals surface area contributed by atoms with Crippen LogP contribution in [0.2, 0.25) is 0 Å². The van der Waals surface area contributed by atoms with Crippen molar-refractivity contribution in [3.8, 4) is 11.5 Å². The molecule has 1 aliphatic heterocycles. The van der Waals surface area contributed by atoms with Crippen molar-refractivity contribution in [2.24, 2.45) is 0 Å². The molecule has 0 saturated carbocycles. The van der Waals surface area contributed by atoms with Crippen LogP contribution in [0.15, 0.2) is 30.3 Å². The van der Waals surface area contributed by atoms with E-state index in [0.717, 1.165) is 47.3 Å². The number of benzene rings is 2. The maximum atomic E-state index is 12.2. The molecular formula is C23H28N2O3S. The van der Waals surface area contributed by atoms with E-state index in [1.165, 1.54) is 0 Å². The Kier molecular flexibility index (Phi) is 6.13. The number of carbonyl (C=O) groups excluding carboxylic acids is 1. The van der Waals surface area contributed by atoms with Crippen molar-refractivity contribution < 1.29 is 14.6 Å². The van der Waals surface area contributed by atoms with Gasteiger partial charge in [-0.3, -0.25) is 10.1 Å². The zero-order chi connectivity index (χ0) is 21.2. The van der Waals surface area contributed by atoms with Gasteiger partial charge in [0, 0.05) is 24.1 Å². The Morgan fingerprint density at radius 3 is 2.55 bits per heavy atom. The van der Waals surface area contributed by atoms with E-state index in [2.05, 4.69) is 17.6 Å². The van der Waals surface area contributed by atoms with Gasteiger partial charge in [-0.2, -0.15) is 0 Å². The number of thiocarbonyl (C=S) groups is 1. The minimum Gasteiger partial charge on any atom is -0.507 e. The number of amides is 1. The van der Waals surface area contributed by atoms with Crippen molar-refractivity contribution in [3.05, 3.63) is 58.1 Å². The molecule has 1 heterocycles. The van der Waals surface area contributed by atoms with Gasteiger partial charge in [0.25, 0.3) is 5.91 Å². The second kappa shape index (κ2) is 8.41. The Hall–Kier alpha value is -2.60. The molecule has 2 aromatic rings. The number of fused-ring (bicyclic) bond motifs is 1. The number of ether oxygens (including phenoxy) is 1. The fraction of sp³-hybridized carbons (Fsp3) is 0.391. The zero-order valence-electron chi connectivity index (χ0n) is 17.4. The first kappa shape index (κ1) is 21.1. The maximum Gasteiger partial charge on any atom is 0.257 e. The molecule has 0 aromatic heterocycles. The van der Waals surface area contributed by atoms with Crippen molar-refractivity contribution in [3.63, 3.8) is 0 Å². The first-order chi connectivity index (χ1) is 13.7. The number of rotatable bonds is 4. The highest BCUT2D eigenvalue weighted by Gasteiger charge is 2.34. The Morgan fingerprint density at radius 2 is 1.86 bits per heavy atom. The quantitative estimate of drug-likeness (QED) is 0.660. The van der Waals surface area contributed by atoms with Crippen LogP contribution >= 0.6 is 12.2 Å². The fourth-order valence-electron chi connectivity index (χ4n) is 3.72. The molecule has 0 fully saturated rings. The van der Waals surface area contributed by atoms with Crippen LogP contribution in [0.3, 0.4) is 0 Å². The third-order valence-corrected chi connectivity index (χ3v) is 6.04. The van der Waals surface area contributed by atoms with E-state index in [0.29, 0.717) is 23.0 Å². The van der Waals surface area contributed by atoms with Gasteiger partial charge in [-0.15, -0.1) is 0 Å². The van der Waals surface area contributed by atoms with Crippen LogP contribution in [0, 0.1) is 20.8 Å². The molecule has 2 aromatic carbocycles. The normalized spacial score (nSPS) is 17.8. The number of hydrogen-bond acceptors (Lipinski definition) is 4. The highest BCUT2D eigenvalue weighted by Crippen LogP contribution is 2.43. The largest absolute Gasteiger partial charge is 0.507 e. The lowest BCUT2D eigenvalue weighted by Gasteiger charge is -2.38. The Balaban J connectivity index is 1.58. The summed E-state index contributed by atoms with van der Waals surface area (Å²) < 4.78 is 6.42. The summed E-state index contributed by atoms with van der Waals surface area (Å²) in [5.74, 6) is 1.04. The first-order valence-corrected chi connectivity index (χ1v) is 10.3. The Labute approximate surface area is 177 Å². The van der Waals surface area contributed by atoms with Gasteiger partial charge in [0.1, 0.15) is 17.1 Å². The standard InChI is InChI=1S/C23H28N2O3S/c1-14-15(2)20-18(16(3)19(14)26)10-11-23(4,28-20)12-13-24-22(29)25-21(27)17-8-6-5-7-9-17/h5-9,26H,10-13H2,1-4H3,(H2,24,25,27,29). The number of carbonyl (C=O) groups is 1. The number of phenols is 1. The van der Waals surface area contributed by atoms with E-state index in [1.54, 1.807) is 12.1 Å². The predicted molar refractivity (Wildman–Crippen MR) is 119 cm³/mol. The van der Waals surface area contributed by atoms with Gasteiger partial charge in [-0.1, -0.05) is 18.2 Å². The third-order valence-electron chi connectivity index (χ3n) is 5.79. The summed E-state index contributed by atoms with van der Waals surface area (Å²) in [5, 5.41) is 16.4.